The number of methoxy groups -OCH3 is 1. The van der Waals surface area contributed by atoms with Gasteiger partial charge in [-0.05, 0) is 43.9 Å². The Bertz CT molecular complexity index is 827. The Morgan fingerprint density at radius 2 is 2.10 bits per heavy atom. The van der Waals surface area contributed by atoms with E-state index in [9.17, 15) is 9.18 Å². The number of carbonyl (C=O) groups excluding carboxylic acids is 1. The van der Waals surface area contributed by atoms with Crippen LogP contribution in [0.3, 0.4) is 0 Å². The molecule has 1 aromatic carbocycles. The highest BCUT2D eigenvalue weighted by Crippen LogP contribution is 2.21. The van der Waals surface area contributed by atoms with Gasteiger partial charge in [-0.2, -0.15) is 0 Å². The van der Waals surface area contributed by atoms with Crippen LogP contribution < -0.4 is 15.8 Å². The molecule has 0 spiro atoms. The number of allylic oxidation sites excluding steroid dienone is 1. The van der Waals surface area contributed by atoms with Crippen molar-refractivity contribution in [1.82, 2.24) is 10.3 Å². The number of nitrogens with two attached hydrogens (primary N) is 1. The van der Waals surface area contributed by atoms with Gasteiger partial charge in [0.1, 0.15) is 5.82 Å². The van der Waals surface area contributed by atoms with Crippen molar-refractivity contribution in [3.63, 3.8) is 0 Å². The average Bonchev–Trinajstić information content (AvgIpc) is 2.71. The number of amides is 1. The van der Waals surface area contributed by atoms with Gasteiger partial charge in [0, 0.05) is 19.2 Å². The fraction of sp³-hybridized carbons (Fsp3) is 0.364. The summed E-state index contributed by atoms with van der Waals surface area (Å²) in [5.41, 5.74) is 7.05. The molecule has 3 N–H and O–H groups in total. The molecule has 2 aromatic rings. The van der Waals surface area contributed by atoms with Crippen LogP contribution in [0.2, 0.25) is 0 Å². The average molecular weight is 401 g/mol. The van der Waals surface area contributed by atoms with Gasteiger partial charge in [-0.1, -0.05) is 18.2 Å². The van der Waals surface area contributed by atoms with E-state index >= 15 is 0 Å². The molecule has 0 saturated heterocycles. The summed E-state index contributed by atoms with van der Waals surface area (Å²) in [6.07, 6.45) is 5.75. The lowest BCUT2D eigenvalue weighted by Crippen LogP contribution is -2.25. The second-order valence-corrected chi connectivity index (χ2v) is 6.57. The van der Waals surface area contributed by atoms with Crippen molar-refractivity contribution in [2.75, 3.05) is 19.5 Å². The summed E-state index contributed by atoms with van der Waals surface area (Å²) in [7, 11) is 1.55. The largest absolute Gasteiger partial charge is 0.491 e. The Labute approximate surface area is 170 Å². The summed E-state index contributed by atoms with van der Waals surface area (Å²) in [5, 5.41) is 2.67. The number of benzene rings is 1. The van der Waals surface area contributed by atoms with Crippen LogP contribution in [0.4, 0.5) is 10.2 Å². The van der Waals surface area contributed by atoms with Gasteiger partial charge in [0.2, 0.25) is 0 Å². The van der Waals surface area contributed by atoms with Crippen molar-refractivity contribution < 1.29 is 18.7 Å². The minimum absolute atomic E-state index is 0.0143. The number of rotatable bonds is 12. The Morgan fingerprint density at radius 3 is 2.83 bits per heavy atom. The van der Waals surface area contributed by atoms with Gasteiger partial charge in [0.05, 0.1) is 24.5 Å². The molecule has 0 bridgehead atoms. The molecule has 0 radical (unpaired) electrons. The van der Waals surface area contributed by atoms with E-state index in [4.69, 9.17) is 15.2 Å². The number of aromatic nitrogens is 1. The van der Waals surface area contributed by atoms with Crippen LogP contribution in [0.15, 0.2) is 43.0 Å². The number of nitrogens with one attached hydrogen (secondary N) is 1. The third-order valence-electron chi connectivity index (χ3n) is 4.31. The van der Waals surface area contributed by atoms with Crippen LogP contribution in [-0.2, 0) is 17.9 Å². The maximum absolute atomic E-state index is 14.6. The monoisotopic (exact) mass is 401 g/mol. The minimum atomic E-state index is -0.472. The van der Waals surface area contributed by atoms with E-state index in [-0.39, 0.29) is 23.7 Å². The minimum Gasteiger partial charge on any atom is -0.491 e. The molecule has 1 amide bonds. The predicted octanol–water partition coefficient (Wildman–Crippen LogP) is 4.00. The van der Waals surface area contributed by atoms with Crippen LogP contribution >= 0.6 is 0 Å². The molecular weight excluding hydrogens is 373 g/mol. The topological polar surface area (TPSA) is 86.5 Å². The van der Waals surface area contributed by atoms with Crippen LogP contribution in [-0.4, -0.2) is 24.6 Å². The molecule has 29 heavy (non-hydrogen) atoms. The van der Waals surface area contributed by atoms with E-state index < -0.39 is 11.7 Å². The SMILES string of the molecule is C=CCCCCCOc1cccc(CNC(=O)c2ccc(COC)nc2N)c1F. The number of anilines is 1. The first kappa shape index (κ1) is 22.4. The molecule has 0 aliphatic heterocycles. The quantitative estimate of drug-likeness (QED) is 0.415. The molecule has 0 unspecified atom stereocenters. The molecule has 1 heterocycles. The number of nitrogen functional groups attached to an aromatic ring is 1. The van der Waals surface area contributed by atoms with Gasteiger partial charge in [-0.3, -0.25) is 4.79 Å². The molecule has 0 fully saturated rings. The molecule has 0 aliphatic carbocycles. The number of unbranched alkanes of at least 4 members (excludes halogenated alkanes) is 3. The summed E-state index contributed by atoms with van der Waals surface area (Å²) in [6, 6.07) is 8.14. The van der Waals surface area contributed by atoms with Crippen molar-refractivity contribution in [3.8, 4) is 5.75 Å². The smallest absolute Gasteiger partial charge is 0.255 e. The summed E-state index contributed by atoms with van der Waals surface area (Å²) in [4.78, 5) is 16.5. The van der Waals surface area contributed by atoms with E-state index in [0.717, 1.165) is 25.7 Å². The van der Waals surface area contributed by atoms with Gasteiger partial charge in [-0.15, -0.1) is 6.58 Å². The zero-order valence-corrected chi connectivity index (χ0v) is 16.7. The molecule has 2 rings (SSSR count). The van der Waals surface area contributed by atoms with Gasteiger partial charge < -0.3 is 20.5 Å². The highest BCUT2D eigenvalue weighted by atomic mass is 19.1. The molecule has 1 aromatic heterocycles. The standard InChI is InChI=1S/C22H28FN3O3/c1-3-4-5-6-7-13-29-19-10-8-9-16(20(19)23)14-25-22(27)18-12-11-17(15-28-2)26-21(18)24/h3,8-12H,1,4-7,13-15H2,2H3,(H2,24,26)(H,25,27). The molecule has 0 saturated carbocycles. The maximum Gasteiger partial charge on any atom is 0.255 e. The number of halogens is 1. The lowest BCUT2D eigenvalue weighted by molar-refractivity contribution is 0.0951. The summed E-state index contributed by atoms with van der Waals surface area (Å²) in [5.74, 6) is -0.607. The molecule has 7 heteroatoms. The van der Waals surface area contributed by atoms with E-state index in [1.807, 2.05) is 6.08 Å². The van der Waals surface area contributed by atoms with Crippen molar-refractivity contribution in [2.45, 2.75) is 38.8 Å². The Morgan fingerprint density at radius 1 is 1.28 bits per heavy atom. The summed E-state index contributed by atoms with van der Waals surface area (Å²) >= 11 is 0. The Balaban J connectivity index is 1.91. The van der Waals surface area contributed by atoms with Crippen LogP contribution in [0, 0.1) is 5.82 Å². The second kappa shape index (κ2) is 11.8. The first-order valence-electron chi connectivity index (χ1n) is 9.60. The molecule has 6 nitrogen and oxygen atoms in total. The highest BCUT2D eigenvalue weighted by Gasteiger charge is 2.14. The Hall–Kier alpha value is -2.93. The van der Waals surface area contributed by atoms with Crippen molar-refractivity contribution in [3.05, 3.63) is 65.6 Å². The fourth-order valence-corrected chi connectivity index (χ4v) is 2.76. The molecular formula is C22H28FN3O3. The predicted molar refractivity (Wildman–Crippen MR) is 111 cm³/mol. The fourth-order valence-electron chi connectivity index (χ4n) is 2.76. The van der Waals surface area contributed by atoms with E-state index in [1.165, 1.54) is 0 Å². The number of carbonyl (C=O) groups is 1. The van der Waals surface area contributed by atoms with Crippen LogP contribution in [0.25, 0.3) is 0 Å². The van der Waals surface area contributed by atoms with Crippen molar-refractivity contribution in [1.29, 1.82) is 0 Å². The number of pyridine rings is 1. The third kappa shape index (κ3) is 6.87. The zero-order valence-electron chi connectivity index (χ0n) is 16.7. The number of ether oxygens (including phenoxy) is 2. The van der Waals surface area contributed by atoms with Crippen molar-refractivity contribution >= 4 is 11.7 Å². The van der Waals surface area contributed by atoms with Gasteiger partial charge in [0.15, 0.2) is 11.6 Å². The molecule has 156 valence electrons. The highest BCUT2D eigenvalue weighted by molar-refractivity contribution is 5.98. The van der Waals surface area contributed by atoms with Crippen molar-refractivity contribution in [2.24, 2.45) is 0 Å². The molecule has 0 atom stereocenters. The zero-order chi connectivity index (χ0) is 21.1. The maximum atomic E-state index is 14.6. The lowest BCUT2D eigenvalue weighted by Gasteiger charge is -2.12. The first-order chi connectivity index (χ1) is 14.1. The Kier molecular flexibility index (Phi) is 9.11. The first-order valence-corrected chi connectivity index (χ1v) is 9.60. The van der Waals surface area contributed by atoms with Gasteiger partial charge >= 0.3 is 0 Å². The second-order valence-electron chi connectivity index (χ2n) is 6.57. The number of hydrogen-bond donors (Lipinski definition) is 2. The van der Waals surface area contributed by atoms with Crippen LogP contribution in [0.5, 0.6) is 5.75 Å². The normalized spacial score (nSPS) is 10.6. The summed E-state index contributed by atoms with van der Waals surface area (Å²) < 4.78 is 25.2. The summed E-state index contributed by atoms with van der Waals surface area (Å²) in [6.45, 7) is 4.45. The lowest BCUT2D eigenvalue weighted by atomic mass is 10.1. The number of nitrogens with zero attached hydrogens (tertiary/aromatic N) is 1. The van der Waals surface area contributed by atoms with E-state index in [1.54, 1.807) is 37.4 Å². The van der Waals surface area contributed by atoms with E-state index in [2.05, 4.69) is 16.9 Å². The van der Waals surface area contributed by atoms with Gasteiger partial charge in [0.25, 0.3) is 5.91 Å². The molecule has 0 aliphatic rings. The third-order valence-corrected chi connectivity index (χ3v) is 4.31. The van der Waals surface area contributed by atoms with E-state index in [0.29, 0.717) is 24.5 Å². The van der Waals surface area contributed by atoms with Crippen LogP contribution in [0.1, 0.15) is 47.3 Å². The van der Waals surface area contributed by atoms with Gasteiger partial charge in [-0.25, -0.2) is 9.37 Å². The number of hydrogen-bond acceptors (Lipinski definition) is 5.